The molecular weight excluding hydrogens is 272 g/mol. The second kappa shape index (κ2) is 6.59. The predicted molar refractivity (Wildman–Crippen MR) is 82.0 cm³/mol. The average molecular weight is 296 g/mol. The predicted octanol–water partition coefficient (Wildman–Crippen LogP) is 3.24. The molecule has 1 aliphatic rings. The third kappa shape index (κ3) is 4.49. The summed E-state index contributed by atoms with van der Waals surface area (Å²) in [6, 6.07) is 4.41. The van der Waals surface area contributed by atoms with Crippen molar-refractivity contribution >= 4 is 17.4 Å². The largest absolute Gasteiger partial charge is 0.381 e. The topological polar surface area (TPSA) is 41.6 Å². The molecule has 0 bridgehead atoms. The third-order valence-electron chi connectivity index (χ3n) is 3.28. The Labute approximate surface area is 125 Å². The number of nitrogens with one attached hydrogen (secondary N) is 1. The maximum atomic E-state index is 12.6. The minimum atomic E-state index is -0.212. The Morgan fingerprint density at radius 3 is 2.70 bits per heavy atom. The number of nitrogens with zero attached hydrogens (tertiary/aromatic N) is 1. The van der Waals surface area contributed by atoms with Crippen LogP contribution in [0.4, 0.5) is 4.79 Å². The fourth-order valence-electron chi connectivity index (χ4n) is 2.33. The van der Waals surface area contributed by atoms with E-state index in [2.05, 4.69) is 16.8 Å². The van der Waals surface area contributed by atoms with Gasteiger partial charge in [0, 0.05) is 29.7 Å². The number of hydrogen-bond donors (Lipinski definition) is 1. The summed E-state index contributed by atoms with van der Waals surface area (Å²) in [5.74, 6) is 0. The summed E-state index contributed by atoms with van der Waals surface area (Å²) in [6.45, 7) is 8.21. The molecule has 1 aliphatic heterocycles. The molecule has 1 saturated heterocycles. The summed E-state index contributed by atoms with van der Waals surface area (Å²) in [5, 5.41) is 5.13. The first kappa shape index (κ1) is 15.3. The van der Waals surface area contributed by atoms with Crippen LogP contribution in [0.2, 0.25) is 0 Å². The van der Waals surface area contributed by atoms with Crippen molar-refractivity contribution in [2.75, 3.05) is 13.2 Å². The fourth-order valence-corrected chi connectivity index (χ4v) is 3.03. The molecule has 2 heterocycles. The second-order valence-corrected chi connectivity index (χ2v) is 7.26. The number of ether oxygens (including phenoxy) is 1. The molecule has 1 aromatic rings. The highest BCUT2D eigenvalue weighted by molar-refractivity contribution is 7.09. The van der Waals surface area contributed by atoms with Gasteiger partial charge in [-0.25, -0.2) is 4.79 Å². The Morgan fingerprint density at radius 2 is 2.15 bits per heavy atom. The van der Waals surface area contributed by atoms with Crippen LogP contribution in [0, 0.1) is 0 Å². The molecule has 0 saturated carbocycles. The van der Waals surface area contributed by atoms with Gasteiger partial charge in [-0.15, -0.1) is 11.3 Å². The van der Waals surface area contributed by atoms with E-state index in [1.165, 1.54) is 4.88 Å². The molecule has 2 amide bonds. The van der Waals surface area contributed by atoms with Gasteiger partial charge in [0.1, 0.15) is 0 Å². The summed E-state index contributed by atoms with van der Waals surface area (Å²) >= 11 is 1.70. The third-order valence-corrected chi connectivity index (χ3v) is 4.14. The molecule has 1 aromatic heterocycles. The van der Waals surface area contributed by atoms with E-state index in [1.54, 1.807) is 11.3 Å². The summed E-state index contributed by atoms with van der Waals surface area (Å²) < 4.78 is 5.41. The summed E-state index contributed by atoms with van der Waals surface area (Å²) in [4.78, 5) is 15.8. The normalized spacial score (nSPS) is 16.9. The van der Waals surface area contributed by atoms with Crippen LogP contribution in [-0.4, -0.2) is 35.7 Å². The molecule has 0 atom stereocenters. The van der Waals surface area contributed by atoms with Crippen LogP contribution in [0.3, 0.4) is 0 Å². The van der Waals surface area contributed by atoms with Crippen molar-refractivity contribution in [2.45, 2.75) is 51.7 Å². The van der Waals surface area contributed by atoms with Crippen molar-refractivity contribution in [3.05, 3.63) is 22.4 Å². The lowest BCUT2D eigenvalue weighted by atomic mass is 10.1. The molecule has 0 spiro atoms. The Hall–Kier alpha value is -1.07. The zero-order valence-electron chi connectivity index (χ0n) is 12.5. The highest BCUT2D eigenvalue weighted by atomic mass is 32.1. The molecule has 0 aliphatic carbocycles. The number of urea groups is 1. The van der Waals surface area contributed by atoms with Crippen molar-refractivity contribution < 1.29 is 9.53 Å². The summed E-state index contributed by atoms with van der Waals surface area (Å²) in [6.07, 6.45) is 1.84. The minimum Gasteiger partial charge on any atom is -0.381 e. The smallest absolute Gasteiger partial charge is 0.318 e. The van der Waals surface area contributed by atoms with Gasteiger partial charge in [-0.2, -0.15) is 0 Å². The average Bonchev–Trinajstić information content (AvgIpc) is 2.87. The molecule has 0 radical (unpaired) electrons. The number of carbonyl (C=O) groups is 1. The monoisotopic (exact) mass is 296 g/mol. The zero-order chi connectivity index (χ0) is 14.6. The maximum absolute atomic E-state index is 12.6. The van der Waals surface area contributed by atoms with Crippen LogP contribution in [-0.2, 0) is 11.3 Å². The molecule has 4 nitrogen and oxygen atoms in total. The standard InChI is InChI=1S/C15H24N2O2S/c1-15(2,3)16-14(18)17(11-13-5-4-10-20-13)12-6-8-19-9-7-12/h4-5,10,12H,6-9,11H2,1-3H3,(H,16,18). The van der Waals surface area contributed by atoms with Gasteiger partial charge in [0.2, 0.25) is 0 Å². The Bertz CT molecular complexity index is 420. The first-order chi connectivity index (χ1) is 9.46. The molecule has 0 aromatic carbocycles. The maximum Gasteiger partial charge on any atom is 0.318 e. The Morgan fingerprint density at radius 1 is 1.45 bits per heavy atom. The Balaban J connectivity index is 2.08. The lowest BCUT2D eigenvalue weighted by Crippen LogP contribution is -2.52. The molecular formula is C15H24N2O2S. The van der Waals surface area contributed by atoms with Gasteiger partial charge in [0.15, 0.2) is 0 Å². The van der Waals surface area contributed by atoms with E-state index in [0.717, 1.165) is 26.1 Å². The van der Waals surface area contributed by atoms with Crippen LogP contribution >= 0.6 is 11.3 Å². The number of amides is 2. The van der Waals surface area contributed by atoms with Gasteiger partial charge < -0.3 is 15.0 Å². The van der Waals surface area contributed by atoms with Gasteiger partial charge in [-0.05, 0) is 45.1 Å². The lowest BCUT2D eigenvalue weighted by molar-refractivity contribution is 0.0429. The highest BCUT2D eigenvalue weighted by Gasteiger charge is 2.28. The van der Waals surface area contributed by atoms with Crippen molar-refractivity contribution in [1.29, 1.82) is 0 Å². The molecule has 1 fully saturated rings. The summed E-state index contributed by atoms with van der Waals surface area (Å²) in [5.41, 5.74) is -0.212. The van der Waals surface area contributed by atoms with E-state index in [0.29, 0.717) is 6.54 Å². The van der Waals surface area contributed by atoms with Gasteiger partial charge in [0.05, 0.1) is 6.54 Å². The molecule has 0 unspecified atom stereocenters. The highest BCUT2D eigenvalue weighted by Crippen LogP contribution is 2.20. The molecule has 1 N–H and O–H groups in total. The number of carbonyl (C=O) groups excluding carboxylic acids is 1. The molecule has 112 valence electrons. The van der Waals surface area contributed by atoms with E-state index in [1.807, 2.05) is 31.7 Å². The van der Waals surface area contributed by atoms with E-state index < -0.39 is 0 Å². The van der Waals surface area contributed by atoms with Crippen molar-refractivity contribution in [1.82, 2.24) is 10.2 Å². The van der Waals surface area contributed by atoms with Crippen LogP contribution < -0.4 is 5.32 Å². The molecule has 2 rings (SSSR count). The fraction of sp³-hybridized carbons (Fsp3) is 0.667. The summed E-state index contributed by atoms with van der Waals surface area (Å²) in [7, 11) is 0. The van der Waals surface area contributed by atoms with Gasteiger partial charge in [-0.3, -0.25) is 0 Å². The number of hydrogen-bond acceptors (Lipinski definition) is 3. The van der Waals surface area contributed by atoms with Crippen LogP contribution in [0.25, 0.3) is 0 Å². The van der Waals surface area contributed by atoms with Gasteiger partial charge in [-0.1, -0.05) is 6.07 Å². The first-order valence-electron chi connectivity index (χ1n) is 7.14. The number of rotatable bonds is 3. The van der Waals surface area contributed by atoms with Gasteiger partial charge >= 0.3 is 6.03 Å². The first-order valence-corrected chi connectivity index (χ1v) is 8.02. The molecule has 5 heteroatoms. The Kier molecular flexibility index (Phi) is 5.05. The second-order valence-electron chi connectivity index (χ2n) is 6.23. The van der Waals surface area contributed by atoms with E-state index >= 15 is 0 Å². The van der Waals surface area contributed by atoms with Crippen LogP contribution in [0.5, 0.6) is 0 Å². The minimum absolute atomic E-state index is 0.0257. The van der Waals surface area contributed by atoms with Gasteiger partial charge in [0.25, 0.3) is 0 Å². The molecule has 20 heavy (non-hydrogen) atoms. The SMILES string of the molecule is CC(C)(C)NC(=O)N(Cc1cccs1)C1CCOCC1. The van der Waals surface area contributed by atoms with E-state index in [4.69, 9.17) is 4.74 Å². The quantitative estimate of drug-likeness (QED) is 0.930. The zero-order valence-corrected chi connectivity index (χ0v) is 13.3. The van der Waals surface area contributed by atoms with Crippen molar-refractivity contribution in [3.8, 4) is 0 Å². The lowest BCUT2D eigenvalue weighted by Gasteiger charge is -2.36. The van der Waals surface area contributed by atoms with Crippen LogP contribution in [0.1, 0.15) is 38.5 Å². The van der Waals surface area contributed by atoms with E-state index in [-0.39, 0.29) is 17.6 Å². The van der Waals surface area contributed by atoms with Crippen LogP contribution in [0.15, 0.2) is 17.5 Å². The van der Waals surface area contributed by atoms with Crippen molar-refractivity contribution in [2.24, 2.45) is 0 Å². The number of thiophene rings is 1. The van der Waals surface area contributed by atoms with Crippen molar-refractivity contribution in [3.63, 3.8) is 0 Å². The van der Waals surface area contributed by atoms with E-state index in [9.17, 15) is 4.79 Å².